The Balaban J connectivity index is 1.20. The number of hydrogen-bond donors (Lipinski definition) is 1. The first-order valence-electron chi connectivity index (χ1n) is 10.1. The molecule has 0 unspecified atom stereocenters. The van der Waals surface area contributed by atoms with Crippen LogP contribution in [0.15, 0.2) is 35.7 Å². The fourth-order valence-electron chi connectivity index (χ4n) is 3.74. The summed E-state index contributed by atoms with van der Waals surface area (Å²) in [4.78, 5) is 33.6. The third-order valence-corrected chi connectivity index (χ3v) is 7.18. The molecule has 0 radical (unpaired) electrons. The third kappa shape index (κ3) is 4.15. The first-order valence-corrected chi connectivity index (χ1v) is 11.8. The van der Waals surface area contributed by atoms with E-state index in [0.717, 1.165) is 26.1 Å². The van der Waals surface area contributed by atoms with Gasteiger partial charge in [0.15, 0.2) is 11.5 Å². The fourth-order valence-corrected chi connectivity index (χ4v) is 5.33. The maximum absolute atomic E-state index is 12.7. The van der Waals surface area contributed by atoms with Gasteiger partial charge in [-0.1, -0.05) is 0 Å². The molecule has 9 heteroatoms. The number of ether oxygens (including phenoxy) is 2. The number of aryl methyl sites for hydroxylation is 1. The maximum Gasteiger partial charge on any atom is 0.227 e. The molecular weight excluding hydrogens is 434 g/mol. The number of nitrogens with zero attached hydrogens (tertiary/aromatic N) is 2. The Bertz CT molecular complexity index is 1140. The van der Waals surface area contributed by atoms with Gasteiger partial charge in [-0.3, -0.25) is 9.59 Å². The molecule has 1 fully saturated rings. The molecule has 1 saturated heterocycles. The van der Waals surface area contributed by atoms with Crippen LogP contribution in [-0.4, -0.2) is 36.6 Å². The second-order valence-corrected chi connectivity index (χ2v) is 9.70. The molecule has 0 spiro atoms. The molecule has 0 bridgehead atoms. The van der Waals surface area contributed by atoms with Crippen molar-refractivity contribution in [2.45, 2.75) is 19.9 Å². The lowest BCUT2D eigenvalue weighted by atomic mass is 10.1. The predicted octanol–water partition coefficient (Wildman–Crippen LogP) is 3.62. The van der Waals surface area contributed by atoms with E-state index in [9.17, 15) is 9.59 Å². The van der Waals surface area contributed by atoms with E-state index in [1.54, 1.807) is 33.6 Å². The first kappa shape index (κ1) is 20.0. The van der Waals surface area contributed by atoms with Gasteiger partial charge >= 0.3 is 0 Å². The van der Waals surface area contributed by atoms with Crippen molar-refractivity contribution in [3.63, 3.8) is 0 Å². The number of anilines is 1. The van der Waals surface area contributed by atoms with Crippen molar-refractivity contribution < 1.29 is 19.1 Å². The van der Waals surface area contributed by atoms with Crippen LogP contribution in [0, 0.1) is 12.8 Å². The van der Waals surface area contributed by atoms with Gasteiger partial charge in [0.25, 0.3) is 0 Å². The molecule has 1 atom stereocenters. The highest BCUT2D eigenvalue weighted by Gasteiger charge is 2.35. The number of amides is 2. The Morgan fingerprint density at radius 2 is 2.06 bits per heavy atom. The zero-order chi connectivity index (χ0) is 21.4. The van der Waals surface area contributed by atoms with Gasteiger partial charge in [0.2, 0.25) is 11.8 Å². The maximum atomic E-state index is 12.7. The number of thiophene rings is 1. The SMILES string of the molecule is Cc1nc(-c2ccc(CNC(=O)[C@@H]3CC(=O)N(c4ccc5c(c4)OCCO5)C3)s2)cs1. The van der Waals surface area contributed by atoms with Crippen LogP contribution in [0.1, 0.15) is 16.3 Å². The Morgan fingerprint density at radius 3 is 2.87 bits per heavy atom. The van der Waals surface area contributed by atoms with Crippen LogP contribution in [0.3, 0.4) is 0 Å². The number of rotatable bonds is 5. The quantitative estimate of drug-likeness (QED) is 0.636. The summed E-state index contributed by atoms with van der Waals surface area (Å²) in [6.45, 7) is 3.80. The molecule has 160 valence electrons. The van der Waals surface area contributed by atoms with Gasteiger partial charge < -0.3 is 19.7 Å². The Hall–Kier alpha value is -2.91. The molecule has 0 aliphatic carbocycles. The Morgan fingerprint density at radius 1 is 1.23 bits per heavy atom. The Kier molecular flexibility index (Phi) is 5.37. The Labute approximate surface area is 187 Å². The average Bonchev–Trinajstić information content (AvgIpc) is 3.51. The molecule has 2 aliphatic heterocycles. The van der Waals surface area contributed by atoms with Gasteiger partial charge in [-0.15, -0.1) is 22.7 Å². The third-order valence-electron chi connectivity index (χ3n) is 5.30. The minimum absolute atomic E-state index is 0.0610. The fraction of sp³-hybridized carbons (Fsp3) is 0.318. The van der Waals surface area contributed by atoms with E-state index in [1.807, 2.05) is 36.6 Å². The lowest BCUT2D eigenvalue weighted by Crippen LogP contribution is -2.32. The summed E-state index contributed by atoms with van der Waals surface area (Å²) >= 11 is 3.25. The highest BCUT2D eigenvalue weighted by atomic mass is 32.1. The lowest BCUT2D eigenvalue weighted by Gasteiger charge is -2.22. The normalized spacial score (nSPS) is 17.8. The van der Waals surface area contributed by atoms with Gasteiger partial charge in [0, 0.05) is 35.0 Å². The van der Waals surface area contributed by atoms with E-state index in [4.69, 9.17) is 9.47 Å². The molecule has 7 nitrogen and oxygen atoms in total. The standard InChI is InChI=1S/C22H21N3O4S2/c1-13-24-17(12-30-13)20-5-3-16(31-20)10-23-22(27)14-8-21(26)25(11-14)15-2-4-18-19(9-15)29-7-6-28-18/h2-5,9,12,14H,6-8,10-11H2,1H3,(H,23,27)/t14-/m1/s1. The van der Waals surface area contributed by atoms with Crippen LogP contribution in [-0.2, 0) is 16.1 Å². The van der Waals surface area contributed by atoms with E-state index in [1.165, 1.54) is 0 Å². The van der Waals surface area contributed by atoms with Gasteiger partial charge in [0.1, 0.15) is 13.2 Å². The summed E-state index contributed by atoms with van der Waals surface area (Å²) < 4.78 is 11.1. The molecule has 2 amide bonds. The van der Waals surface area contributed by atoms with Crippen LogP contribution in [0.4, 0.5) is 5.69 Å². The van der Waals surface area contributed by atoms with E-state index in [-0.39, 0.29) is 24.2 Å². The monoisotopic (exact) mass is 455 g/mol. The molecule has 0 saturated carbocycles. The van der Waals surface area contributed by atoms with Crippen molar-refractivity contribution >= 4 is 40.2 Å². The zero-order valence-corrected chi connectivity index (χ0v) is 18.6. The minimum atomic E-state index is -0.374. The zero-order valence-electron chi connectivity index (χ0n) is 16.9. The smallest absolute Gasteiger partial charge is 0.227 e. The van der Waals surface area contributed by atoms with Crippen molar-refractivity contribution in [1.82, 2.24) is 10.3 Å². The number of benzene rings is 1. The number of carbonyl (C=O) groups excluding carboxylic acids is 2. The summed E-state index contributed by atoms with van der Waals surface area (Å²) in [5.41, 5.74) is 1.70. The molecule has 2 aliphatic rings. The van der Waals surface area contributed by atoms with Crippen LogP contribution in [0.5, 0.6) is 11.5 Å². The molecular formula is C22H21N3O4S2. The summed E-state index contributed by atoms with van der Waals surface area (Å²) in [6, 6.07) is 9.49. The van der Waals surface area contributed by atoms with Crippen molar-refractivity contribution in [2.24, 2.45) is 5.92 Å². The second kappa shape index (κ2) is 8.32. The van der Waals surface area contributed by atoms with Crippen molar-refractivity contribution in [3.8, 4) is 22.1 Å². The van der Waals surface area contributed by atoms with E-state index < -0.39 is 0 Å². The van der Waals surface area contributed by atoms with Crippen molar-refractivity contribution in [2.75, 3.05) is 24.7 Å². The second-order valence-electron chi connectivity index (χ2n) is 7.47. The molecule has 1 N–H and O–H groups in total. The summed E-state index contributed by atoms with van der Waals surface area (Å²) in [5, 5.41) is 6.06. The highest BCUT2D eigenvalue weighted by Crippen LogP contribution is 2.36. The van der Waals surface area contributed by atoms with Crippen LogP contribution < -0.4 is 19.7 Å². The van der Waals surface area contributed by atoms with Crippen LogP contribution in [0.2, 0.25) is 0 Å². The molecule has 1 aromatic carbocycles. The van der Waals surface area contributed by atoms with E-state index in [2.05, 4.69) is 10.3 Å². The van der Waals surface area contributed by atoms with E-state index in [0.29, 0.717) is 37.8 Å². The topological polar surface area (TPSA) is 80.8 Å². The van der Waals surface area contributed by atoms with Gasteiger partial charge in [-0.2, -0.15) is 0 Å². The summed E-state index contributed by atoms with van der Waals surface area (Å²) in [5.74, 6) is 0.774. The van der Waals surface area contributed by atoms with E-state index >= 15 is 0 Å². The first-order chi connectivity index (χ1) is 15.1. The summed E-state index contributed by atoms with van der Waals surface area (Å²) in [7, 11) is 0. The van der Waals surface area contributed by atoms with Gasteiger partial charge in [0.05, 0.1) is 28.0 Å². The molecule has 3 aromatic rings. The van der Waals surface area contributed by atoms with Crippen molar-refractivity contribution in [1.29, 1.82) is 0 Å². The van der Waals surface area contributed by atoms with Gasteiger partial charge in [-0.05, 0) is 31.2 Å². The highest BCUT2D eigenvalue weighted by molar-refractivity contribution is 7.16. The van der Waals surface area contributed by atoms with Crippen LogP contribution in [0.25, 0.3) is 10.6 Å². The molecule has 31 heavy (non-hydrogen) atoms. The molecule has 5 rings (SSSR count). The molecule has 4 heterocycles. The number of aromatic nitrogens is 1. The summed E-state index contributed by atoms with van der Waals surface area (Å²) in [6.07, 6.45) is 0.202. The van der Waals surface area contributed by atoms with Crippen molar-refractivity contribution in [3.05, 3.63) is 45.6 Å². The molecule has 2 aromatic heterocycles. The number of thiazole rings is 1. The number of carbonyl (C=O) groups is 2. The average molecular weight is 456 g/mol. The van der Waals surface area contributed by atoms with Crippen LogP contribution >= 0.6 is 22.7 Å². The number of fused-ring (bicyclic) bond motifs is 1. The largest absolute Gasteiger partial charge is 0.486 e. The minimum Gasteiger partial charge on any atom is -0.486 e. The number of hydrogen-bond acceptors (Lipinski definition) is 7. The number of nitrogens with one attached hydrogen (secondary N) is 1. The predicted molar refractivity (Wildman–Crippen MR) is 120 cm³/mol. The lowest BCUT2D eigenvalue weighted by molar-refractivity contribution is -0.126. The van der Waals surface area contributed by atoms with Gasteiger partial charge in [-0.25, -0.2) is 4.98 Å².